The average Bonchev–Trinajstić information content (AvgIpc) is 2.19. The van der Waals surface area contributed by atoms with Crippen LogP contribution in [0.4, 0.5) is 4.79 Å². The number of amides is 1. The Morgan fingerprint density at radius 3 is 2.29 bits per heavy atom. The van der Waals surface area contributed by atoms with Gasteiger partial charge in [0.1, 0.15) is 0 Å². The molecule has 0 saturated heterocycles. The zero-order valence-electron chi connectivity index (χ0n) is 8.89. The van der Waals surface area contributed by atoms with Gasteiger partial charge >= 0.3 is 12.1 Å². The Morgan fingerprint density at radius 1 is 1.24 bits per heavy atom. The topological polar surface area (TPSA) is 86.6 Å². The maximum absolute atomic E-state index is 10.6. The number of aliphatic carboxylic acids is 1. The normalized spacial score (nSPS) is 11.8. The minimum absolute atomic E-state index is 0.234. The van der Waals surface area contributed by atoms with E-state index in [0.29, 0.717) is 6.42 Å². The van der Waals surface area contributed by atoms with Gasteiger partial charge in [0.15, 0.2) is 0 Å². The minimum atomic E-state index is -1.21. The standard InChI is InChI=1S/C11H12BrNO4/c12-8-3-1-7(2-4-8)5-9(6-10(14)15)13-11(16)17/h1-4,9,13H,5-6H2,(H,14,15)(H,16,17). The van der Waals surface area contributed by atoms with Crippen LogP contribution in [0.25, 0.3) is 0 Å². The third kappa shape index (κ3) is 5.35. The van der Waals surface area contributed by atoms with Crippen molar-refractivity contribution >= 4 is 28.0 Å². The van der Waals surface area contributed by atoms with Crippen molar-refractivity contribution in [1.29, 1.82) is 0 Å². The number of hydrogen-bond acceptors (Lipinski definition) is 2. The number of carbonyl (C=O) groups is 2. The quantitative estimate of drug-likeness (QED) is 0.777. The van der Waals surface area contributed by atoms with Gasteiger partial charge in [0, 0.05) is 10.5 Å². The number of rotatable bonds is 5. The summed E-state index contributed by atoms with van der Waals surface area (Å²) in [6.45, 7) is 0. The second-order valence-electron chi connectivity index (χ2n) is 3.57. The second kappa shape index (κ2) is 6.24. The Labute approximate surface area is 107 Å². The zero-order valence-corrected chi connectivity index (χ0v) is 10.5. The first kappa shape index (κ1) is 13.5. The van der Waals surface area contributed by atoms with E-state index >= 15 is 0 Å². The fraction of sp³-hybridized carbons (Fsp3) is 0.273. The molecule has 0 aliphatic heterocycles. The number of benzene rings is 1. The van der Waals surface area contributed by atoms with Gasteiger partial charge in [-0.05, 0) is 24.1 Å². The molecule has 1 rings (SSSR count). The van der Waals surface area contributed by atoms with Crippen molar-refractivity contribution in [2.75, 3.05) is 0 Å². The van der Waals surface area contributed by atoms with Gasteiger partial charge in [-0.15, -0.1) is 0 Å². The molecule has 0 spiro atoms. The van der Waals surface area contributed by atoms with Crippen molar-refractivity contribution < 1.29 is 19.8 Å². The summed E-state index contributed by atoms with van der Waals surface area (Å²) in [6.07, 6.45) is -1.10. The molecule has 0 aliphatic rings. The Kier molecular flexibility index (Phi) is 4.96. The molecule has 0 heterocycles. The summed E-state index contributed by atoms with van der Waals surface area (Å²) in [5.74, 6) is -1.03. The molecule has 1 aromatic rings. The predicted molar refractivity (Wildman–Crippen MR) is 65.0 cm³/mol. The van der Waals surface area contributed by atoms with Crippen molar-refractivity contribution in [3.05, 3.63) is 34.3 Å². The van der Waals surface area contributed by atoms with Gasteiger partial charge in [0.2, 0.25) is 0 Å². The van der Waals surface area contributed by atoms with Crippen LogP contribution in [-0.2, 0) is 11.2 Å². The highest BCUT2D eigenvalue weighted by Gasteiger charge is 2.15. The van der Waals surface area contributed by atoms with Gasteiger partial charge in [-0.3, -0.25) is 4.79 Å². The number of halogens is 1. The van der Waals surface area contributed by atoms with E-state index < -0.39 is 18.1 Å². The molecule has 1 unspecified atom stereocenters. The average molecular weight is 302 g/mol. The van der Waals surface area contributed by atoms with Crippen LogP contribution in [0.1, 0.15) is 12.0 Å². The minimum Gasteiger partial charge on any atom is -0.481 e. The molecule has 0 saturated carbocycles. The van der Waals surface area contributed by atoms with E-state index in [4.69, 9.17) is 10.2 Å². The van der Waals surface area contributed by atoms with Crippen molar-refractivity contribution in [3.8, 4) is 0 Å². The lowest BCUT2D eigenvalue weighted by Crippen LogP contribution is -2.37. The van der Waals surface area contributed by atoms with E-state index in [-0.39, 0.29) is 6.42 Å². The smallest absolute Gasteiger partial charge is 0.404 e. The summed E-state index contributed by atoms with van der Waals surface area (Å²) in [7, 11) is 0. The van der Waals surface area contributed by atoms with E-state index in [1.165, 1.54) is 0 Å². The monoisotopic (exact) mass is 301 g/mol. The SMILES string of the molecule is O=C(O)CC(Cc1ccc(Br)cc1)NC(=O)O. The molecule has 5 nitrogen and oxygen atoms in total. The fourth-order valence-electron chi connectivity index (χ4n) is 1.46. The molecule has 0 aliphatic carbocycles. The number of carboxylic acids is 1. The van der Waals surface area contributed by atoms with Gasteiger partial charge in [-0.25, -0.2) is 4.79 Å². The molecule has 92 valence electrons. The van der Waals surface area contributed by atoms with Gasteiger partial charge in [0.25, 0.3) is 0 Å². The fourth-order valence-corrected chi connectivity index (χ4v) is 1.73. The van der Waals surface area contributed by atoms with Crippen LogP contribution in [0.3, 0.4) is 0 Å². The van der Waals surface area contributed by atoms with Crippen LogP contribution in [0.5, 0.6) is 0 Å². The highest BCUT2D eigenvalue weighted by atomic mass is 79.9. The van der Waals surface area contributed by atoms with E-state index in [1.54, 1.807) is 0 Å². The van der Waals surface area contributed by atoms with E-state index in [9.17, 15) is 9.59 Å². The van der Waals surface area contributed by atoms with E-state index in [0.717, 1.165) is 10.0 Å². The molecular formula is C11H12BrNO4. The molecule has 1 aromatic carbocycles. The van der Waals surface area contributed by atoms with Crippen molar-refractivity contribution in [2.24, 2.45) is 0 Å². The molecule has 6 heteroatoms. The second-order valence-corrected chi connectivity index (χ2v) is 4.49. The lowest BCUT2D eigenvalue weighted by molar-refractivity contribution is -0.137. The molecule has 17 heavy (non-hydrogen) atoms. The Hall–Kier alpha value is -1.56. The maximum Gasteiger partial charge on any atom is 0.404 e. The third-order valence-electron chi connectivity index (χ3n) is 2.14. The summed E-state index contributed by atoms with van der Waals surface area (Å²) in [6, 6.07) is 6.68. The molecule has 3 N–H and O–H groups in total. The number of hydrogen-bond donors (Lipinski definition) is 3. The van der Waals surface area contributed by atoms with Crippen LogP contribution in [0, 0.1) is 0 Å². The summed E-state index contributed by atoms with van der Waals surface area (Å²) in [5.41, 5.74) is 0.883. The van der Waals surface area contributed by atoms with Gasteiger partial charge in [-0.2, -0.15) is 0 Å². The first-order valence-corrected chi connectivity index (χ1v) is 5.72. The first-order valence-electron chi connectivity index (χ1n) is 4.93. The molecule has 0 fully saturated rings. The van der Waals surface area contributed by atoms with Gasteiger partial charge in [-0.1, -0.05) is 28.1 Å². The summed E-state index contributed by atoms with van der Waals surface area (Å²) >= 11 is 3.29. The van der Waals surface area contributed by atoms with Gasteiger partial charge < -0.3 is 15.5 Å². The molecule has 0 radical (unpaired) electrons. The van der Waals surface area contributed by atoms with Gasteiger partial charge in [0.05, 0.1) is 6.42 Å². The lowest BCUT2D eigenvalue weighted by Gasteiger charge is -2.14. The highest BCUT2D eigenvalue weighted by Crippen LogP contribution is 2.12. The van der Waals surface area contributed by atoms with Crippen LogP contribution >= 0.6 is 15.9 Å². The van der Waals surface area contributed by atoms with Crippen LogP contribution < -0.4 is 5.32 Å². The van der Waals surface area contributed by atoms with Crippen molar-refractivity contribution in [3.63, 3.8) is 0 Å². The molecule has 1 atom stereocenters. The first-order chi connectivity index (χ1) is 7.97. The van der Waals surface area contributed by atoms with Crippen LogP contribution in [-0.4, -0.2) is 28.3 Å². The van der Waals surface area contributed by atoms with Crippen LogP contribution in [0.15, 0.2) is 28.7 Å². The summed E-state index contributed by atoms with van der Waals surface area (Å²) in [4.78, 5) is 21.1. The molecular weight excluding hydrogens is 290 g/mol. The number of carboxylic acid groups (broad SMARTS) is 2. The summed E-state index contributed by atoms with van der Waals surface area (Å²) < 4.78 is 0.919. The van der Waals surface area contributed by atoms with Crippen molar-refractivity contribution in [1.82, 2.24) is 5.32 Å². The van der Waals surface area contributed by atoms with Crippen molar-refractivity contribution in [2.45, 2.75) is 18.9 Å². The highest BCUT2D eigenvalue weighted by molar-refractivity contribution is 9.10. The predicted octanol–water partition coefficient (Wildman–Crippen LogP) is 2.10. The number of nitrogens with one attached hydrogen (secondary N) is 1. The molecule has 0 aromatic heterocycles. The Bertz CT molecular complexity index is 388. The third-order valence-corrected chi connectivity index (χ3v) is 2.67. The van der Waals surface area contributed by atoms with Crippen LogP contribution in [0.2, 0.25) is 0 Å². The lowest BCUT2D eigenvalue weighted by atomic mass is 10.0. The largest absolute Gasteiger partial charge is 0.481 e. The van der Waals surface area contributed by atoms with E-state index in [1.807, 2.05) is 24.3 Å². The molecule has 0 bridgehead atoms. The Morgan fingerprint density at radius 2 is 1.82 bits per heavy atom. The summed E-state index contributed by atoms with van der Waals surface area (Å²) in [5, 5.41) is 19.5. The zero-order chi connectivity index (χ0) is 12.8. The Balaban J connectivity index is 2.67. The van der Waals surface area contributed by atoms with E-state index in [2.05, 4.69) is 21.2 Å². The maximum atomic E-state index is 10.6. The molecule has 1 amide bonds.